The van der Waals surface area contributed by atoms with Crippen molar-refractivity contribution in [2.24, 2.45) is 7.05 Å². The summed E-state index contributed by atoms with van der Waals surface area (Å²) in [5.41, 5.74) is 2.20. The molecule has 0 spiro atoms. The van der Waals surface area contributed by atoms with Gasteiger partial charge in [-0.3, -0.25) is 9.59 Å². The fraction of sp³-hybridized carbons (Fsp3) is 0.200. The van der Waals surface area contributed by atoms with E-state index in [1.54, 1.807) is 35.9 Å². The number of ketones is 1. The molecule has 0 aliphatic rings. The van der Waals surface area contributed by atoms with Crippen molar-refractivity contribution in [2.75, 3.05) is 0 Å². The monoisotopic (exact) mass is 257 g/mol. The molecule has 0 N–H and O–H groups in total. The first kappa shape index (κ1) is 13.1. The smallest absolute Gasteiger partial charge is 0.309 e. The lowest BCUT2D eigenvalue weighted by molar-refractivity contribution is -0.132. The lowest BCUT2D eigenvalue weighted by Gasteiger charge is -2.06. The molecule has 2 aromatic rings. The van der Waals surface area contributed by atoms with Gasteiger partial charge in [-0.25, -0.2) is 0 Å². The van der Waals surface area contributed by atoms with Crippen molar-refractivity contribution in [3.63, 3.8) is 0 Å². The van der Waals surface area contributed by atoms with E-state index in [1.807, 2.05) is 19.1 Å². The average molecular weight is 257 g/mol. The van der Waals surface area contributed by atoms with Gasteiger partial charge in [0.2, 0.25) is 11.7 Å². The minimum Gasteiger partial charge on any atom is -0.409 e. The molecule has 0 fully saturated rings. The van der Waals surface area contributed by atoms with Gasteiger partial charge in [-0.1, -0.05) is 29.8 Å². The van der Waals surface area contributed by atoms with Gasteiger partial charge in [0.15, 0.2) is 0 Å². The molecule has 19 heavy (non-hydrogen) atoms. The molecule has 0 aliphatic heterocycles. The highest BCUT2D eigenvalue weighted by molar-refractivity contribution is 6.08. The molecule has 0 amide bonds. The lowest BCUT2D eigenvalue weighted by atomic mass is 10.1. The minimum absolute atomic E-state index is 0.0964. The summed E-state index contributed by atoms with van der Waals surface area (Å²) in [6.45, 7) is 3.30. The molecule has 0 radical (unpaired) electrons. The van der Waals surface area contributed by atoms with E-state index in [2.05, 4.69) is 0 Å². The number of hydrogen-bond donors (Lipinski definition) is 0. The molecule has 4 heteroatoms. The fourth-order valence-electron chi connectivity index (χ4n) is 1.82. The van der Waals surface area contributed by atoms with E-state index in [9.17, 15) is 9.59 Å². The molecule has 0 bridgehead atoms. The Balaban J connectivity index is 2.32. The zero-order valence-electron chi connectivity index (χ0n) is 11.1. The van der Waals surface area contributed by atoms with Gasteiger partial charge in [-0.05, 0) is 13.0 Å². The third-order valence-corrected chi connectivity index (χ3v) is 2.87. The maximum Gasteiger partial charge on any atom is 0.309 e. The van der Waals surface area contributed by atoms with Gasteiger partial charge in [0.05, 0.1) is 5.69 Å². The number of aryl methyl sites for hydroxylation is 1. The number of benzene rings is 1. The number of carbonyl (C=O) groups is 2. The Kier molecular flexibility index (Phi) is 3.51. The first-order chi connectivity index (χ1) is 8.99. The minimum atomic E-state index is -0.407. The van der Waals surface area contributed by atoms with Crippen LogP contribution in [0.4, 0.5) is 0 Å². The summed E-state index contributed by atoms with van der Waals surface area (Å²) >= 11 is 0. The Hall–Kier alpha value is -2.36. The fourth-order valence-corrected chi connectivity index (χ4v) is 1.82. The molecule has 4 nitrogen and oxygen atoms in total. The molecule has 0 saturated heterocycles. The molecule has 98 valence electrons. The van der Waals surface area contributed by atoms with Crippen LogP contribution in [-0.2, 0) is 11.8 Å². The van der Waals surface area contributed by atoms with Crippen LogP contribution in [0.2, 0.25) is 0 Å². The summed E-state index contributed by atoms with van der Waals surface area (Å²) in [5.74, 6) is -0.139. The Morgan fingerprint density at radius 2 is 1.68 bits per heavy atom. The molecule has 0 atom stereocenters. The maximum absolute atomic E-state index is 12.3. The third-order valence-electron chi connectivity index (χ3n) is 2.87. The van der Waals surface area contributed by atoms with Crippen LogP contribution in [0.15, 0.2) is 36.4 Å². The zero-order chi connectivity index (χ0) is 14.0. The first-order valence-electron chi connectivity index (χ1n) is 5.94. The summed E-state index contributed by atoms with van der Waals surface area (Å²) in [5, 5.41) is 0. The van der Waals surface area contributed by atoms with E-state index in [0.29, 0.717) is 17.1 Å². The van der Waals surface area contributed by atoms with Crippen molar-refractivity contribution in [3.8, 4) is 5.88 Å². The van der Waals surface area contributed by atoms with Crippen LogP contribution >= 0.6 is 0 Å². The topological polar surface area (TPSA) is 48.3 Å². The van der Waals surface area contributed by atoms with Crippen LogP contribution in [0, 0.1) is 6.92 Å². The Labute approximate surface area is 111 Å². The van der Waals surface area contributed by atoms with Crippen molar-refractivity contribution < 1.29 is 14.3 Å². The second-order valence-electron chi connectivity index (χ2n) is 4.40. The van der Waals surface area contributed by atoms with Crippen LogP contribution in [0.5, 0.6) is 5.88 Å². The van der Waals surface area contributed by atoms with Crippen LogP contribution in [0.3, 0.4) is 0 Å². The Bertz CT molecular complexity index is 623. The van der Waals surface area contributed by atoms with Gasteiger partial charge < -0.3 is 9.30 Å². The molecule has 2 rings (SSSR count). The van der Waals surface area contributed by atoms with Gasteiger partial charge in [0, 0.05) is 25.6 Å². The van der Waals surface area contributed by atoms with Crippen molar-refractivity contribution in [1.82, 2.24) is 4.57 Å². The van der Waals surface area contributed by atoms with Crippen LogP contribution in [-0.4, -0.2) is 16.3 Å². The number of rotatable bonds is 3. The van der Waals surface area contributed by atoms with E-state index in [1.165, 1.54) is 6.92 Å². The second kappa shape index (κ2) is 5.10. The van der Waals surface area contributed by atoms with E-state index >= 15 is 0 Å². The van der Waals surface area contributed by atoms with Crippen molar-refractivity contribution in [3.05, 3.63) is 53.2 Å². The SMILES string of the molecule is CC(=O)Oc1ccc(C(=O)c2ccc(C)cc2)n1C. The second-order valence-corrected chi connectivity index (χ2v) is 4.40. The number of esters is 1. The third kappa shape index (κ3) is 2.73. The van der Waals surface area contributed by atoms with Gasteiger partial charge in [0.1, 0.15) is 0 Å². The number of aromatic nitrogens is 1. The van der Waals surface area contributed by atoms with E-state index < -0.39 is 5.97 Å². The molecule has 1 heterocycles. The molecule has 0 aliphatic carbocycles. The van der Waals surface area contributed by atoms with Crippen molar-refractivity contribution >= 4 is 11.8 Å². The highest BCUT2D eigenvalue weighted by Crippen LogP contribution is 2.18. The lowest BCUT2D eigenvalue weighted by Crippen LogP contribution is -2.10. The van der Waals surface area contributed by atoms with Crippen molar-refractivity contribution in [2.45, 2.75) is 13.8 Å². The Morgan fingerprint density at radius 3 is 2.26 bits per heavy atom. The molecular formula is C15H15NO3. The van der Waals surface area contributed by atoms with Gasteiger partial charge in [-0.2, -0.15) is 0 Å². The van der Waals surface area contributed by atoms with Gasteiger partial charge in [-0.15, -0.1) is 0 Å². The largest absolute Gasteiger partial charge is 0.409 e. The zero-order valence-corrected chi connectivity index (χ0v) is 11.1. The normalized spacial score (nSPS) is 10.3. The van der Waals surface area contributed by atoms with Crippen LogP contribution in [0.25, 0.3) is 0 Å². The molecule has 0 unspecified atom stereocenters. The quantitative estimate of drug-likeness (QED) is 0.627. The highest BCUT2D eigenvalue weighted by atomic mass is 16.5. The molecule has 1 aromatic carbocycles. The van der Waals surface area contributed by atoms with Crippen LogP contribution < -0.4 is 4.74 Å². The predicted molar refractivity (Wildman–Crippen MR) is 71.3 cm³/mol. The number of hydrogen-bond acceptors (Lipinski definition) is 3. The number of carbonyl (C=O) groups excluding carboxylic acids is 2. The summed E-state index contributed by atoms with van der Waals surface area (Å²) < 4.78 is 6.58. The number of nitrogens with zero attached hydrogens (tertiary/aromatic N) is 1. The highest BCUT2D eigenvalue weighted by Gasteiger charge is 2.15. The van der Waals surface area contributed by atoms with Gasteiger partial charge >= 0.3 is 5.97 Å². The summed E-state index contributed by atoms with van der Waals surface area (Å²) in [7, 11) is 1.69. The molecule has 1 aromatic heterocycles. The summed E-state index contributed by atoms with van der Waals surface area (Å²) in [6.07, 6.45) is 0. The summed E-state index contributed by atoms with van der Waals surface area (Å²) in [4.78, 5) is 23.2. The maximum atomic E-state index is 12.3. The van der Waals surface area contributed by atoms with E-state index in [4.69, 9.17) is 4.74 Å². The summed E-state index contributed by atoms with van der Waals surface area (Å²) in [6, 6.07) is 10.6. The Morgan fingerprint density at radius 1 is 1.05 bits per heavy atom. The molecule has 0 saturated carbocycles. The van der Waals surface area contributed by atoms with E-state index in [-0.39, 0.29) is 5.78 Å². The standard InChI is InChI=1S/C15H15NO3/c1-10-4-6-12(7-5-10)15(18)13-8-9-14(16(13)3)19-11(2)17/h4-9H,1-3H3. The average Bonchev–Trinajstić information content (AvgIpc) is 2.70. The van der Waals surface area contributed by atoms with Gasteiger partial charge in [0.25, 0.3) is 0 Å². The predicted octanol–water partition coefficient (Wildman–Crippen LogP) is 2.49. The number of ether oxygens (including phenoxy) is 1. The van der Waals surface area contributed by atoms with Crippen LogP contribution in [0.1, 0.15) is 28.5 Å². The van der Waals surface area contributed by atoms with Crippen molar-refractivity contribution in [1.29, 1.82) is 0 Å². The van der Waals surface area contributed by atoms with E-state index in [0.717, 1.165) is 5.56 Å². The molecular weight excluding hydrogens is 242 g/mol. The first-order valence-corrected chi connectivity index (χ1v) is 5.94.